The lowest BCUT2D eigenvalue weighted by Gasteiger charge is -2.15. The number of aryl methyl sites for hydroxylation is 1. The number of anilines is 1. The van der Waals surface area contributed by atoms with Gasteiger partial charge in [0.05, 0.1) is 11.1 Å². The van der Waals surface area contributed by atoms with Gasteiger partial charge in [-0.25, -0.2) is 0 Å². The zero-order valence-electron chi connectivity index (χ0n) is 22.2. The molecule has 0 bridgehead atoms. The van der Waals surface area contributed by atoms with Crippen LogP contribution in [0.3, 0.4) is 0 Å². The molecule has 2 amide bonds. The molecule has 0 unspecified atom stereocenters. The molecule has 3 aromatic carbocycles. The Morgan fingerprint density at radius 1 is 1.10 bits per heavy atom. The third kappa shape index (κ3) is 7.30. The van der Waals surface area contributed by atoms with Crippen LogP contribution < -0.4 is 20.1 Å². The van der Waals surface area contributed by atoms with E-state index in [2.05, 4.69) is 31.5 Å². The van der Waals surface area contributed by atoms with Gasteiger partial charge < -0.3 is 25.1 Å². The zero-order valence-corrected chi connectivity index (χ0v) is 23.8. The van der Waals surface area contributed by atoms with Crippen molar-refractivity contribution in [1.29, 1.82) is 5.26 Å². The highest BCUT2D eigenvalue weighted by Gasteiger charge is 2.16. The van der Waals surface area contributed by atoms with Gasteiger partial charge in [-0.3, -0.25) is 9.59 Å². The van der Waals surface area contributed by atoms with Gasteiger partial charge in [-0.05, 0) is 83.7 Å². The Labute approximate surface area is 241 Å². The predicted molar refractivity (Wildman–Crippen MR) is 159 cm³/mol. The summed E-state index contributed by atoms with van der Waals surface area (Å²) in [6.07, 6.45) is 4.04. The first-order valence-corrected chi connectivity index (χ1v) is 13.6. The number of carbonyl (C=O) groups is 2. The molecule has 204 valence electrons. The number of nitriles is 1. The number of halogens is 1. The van der Waals surface area contributed by atoms with Crippen LogP contribution in [-0.4, -0.2) is 36.6 Å². The van der Waals surface area contributed by atoms with Crippen LogP contribution >= 0.6 is 15.9 Å². The summed E-state index contributed by atoms with van der Waals surface area (Å²) in [4.78, 5) is 28.4. The zero-order chi connectivity index (χ0) is 28.5. The van der Waals surface area contributed by atoms with E-state index in [1.54, 1.807) is 12.1 Å². The van der Waals surface area contributed by atoms with Crippen LogP contribution in [0.15, 0.2) is 76.9 Å². The van der Waals surface area contributed by atoms with E-state index in [-0.39, 0.29) is 18.1 Å². The fourth-order valence-electron chi connectivity index (χ4n) is 4.11. The van der Waals surface area contributed by atoms with Crippen LogP contribution in [0, 0.1) is 18.3 Å². The van der Waals surface area contributed by atoms with E-state index in [4.69, 9.17) is 9.47 Å². The van der Waals surface area contributed by atoms with Crippen LogP contribution in [0.5, 0.6) is 11.5 Å². The Bertz CT molecular complexity index is 1590. The maximum atomic E-state index is 12.8. The molecule has 0 fully saturated rings. The van der Waals surface area contributed by atoms with Crippen molar-refractivity contribution in [3.8, 4) is 17.6 Å². The molecule has 4 aromatic rings. The highest BCUT2D eigenvalue weighted by molar-refractivity contribution is 9.10. The van der Waals surface area contributed by atoms with Crippen molar-refractivity contribution < 1.29 is 19.1 Å². The summed E-state index contributed by atoms with van der Waals surface area (Å²) >= 11 is 3.47. The number of H-pyrrole nitrogens is 1. The molecule has 1 heterocycles. The van der Waals surface area contributed by atoms with Crippen LogP contribution in [0.25, 0.3) is 17.0 Å². The van der Waals surface area contributed by atoms with E-state index < -0.39 is 5.91 Å². The second kappa shape index (κ2) is 13.5. The average Bonchev–Trinajstić information content (AvgIpc) is 3.35. The Morgan fingerprint density at radius 2 is 1.88 bits per heavy atom. The van der Waals surface area contributed by atoms with E-state index in [1.165, 1.54) is 6.08 Å². The predicted octanol–water partition coefficient (Wildman–Crippen LogP) is 5.92. The minimum atomic E-state index is -0.468. The second-order valence-electron chi connectivity index (χ2n) is 9.00. The van der Waals surface area contributed by atoms with Gasteiger partial charge in [0, 0.05) is 29.3 Å². The number of hydrogen-bond acceptors (Lipinski definition) is 5. The van der Waals surface area contributed by atoms with Crippen molar-refractivity contribution in [3.63, 3.8) is 0 Å². The lowest BCUT2D eigenvalue weighted by atomic mass is 10.1. The number of para-hydroxylation sites is 1. The van der Waals surface area contributed by atoms with Gasteiger partial charge in [-0.2, -0.15) is 5.26 Å². The summed E-state index contributed by atoms with van der Waals surface area (Å²) in [5.41, 5.74) is 4.42. The molecule has 40 heavy (non-hydrogen) atoms. The third-order valence-electron chi connectivity index (χ3n) is 6.05. The number of rotatable bonds is 11. The van der Waals surface area contributed by atoms with Gasteiger partial charge in [0.15, 0.2) is 18.1 Å². The lowest BCUT2D eigenvalue weighted by molar-refractivity contribution is -0.118. The Morgan fingerprint density at radius 3 is 2.62 bits per heavy atom. The van der Waals surface area contributed by atoms with Gasteiger partial charge in [-0.1, -0.05) is 35.9 Å². The summed E-state index contributed by atoms with van der Waals surface area (Å²) in [6, 6.07) is 20.8. The number of aromatic amines is 1. The number of aromatic nitrogens is 1. The third-order valence-corrected chi connectivity index (χ3v) is 6.63. The highest BCUT2D eigenvalue weighted by Crippen LogP contribution is 2.37. The molecule has 0 aliphatic rings. The topological polar surface area (TPSA) is 116 Å². The van der Waals surface area contributed by atoms with Gasteiger partial charge >= 0.3 is 0 Å². The Hall–Kier alpha value is -4.55. The molecule has 8 nitrogen and oxygen atoms in total. The summed E-state index contributed by atoms with van der Waals surface area (Å²) in [7, 11) is 0. The van der Waals surface area contributed by atoms with Gasteiger partial charge in [0.25, 0.3) is 11.8 Å². The summed E-state index contributed by atoms with van der Waals surface area (Å²) in [5.74, 6) is -0.0641. The largest absolute Gasteiger partial charge is 0.490 e. The standard InChI is InChI=1S/C31H29BrN4O4/c1-3-39-28-16-21(15-26(32)30(28)40-19-29(37)36-24-10-8-20(2)9-11-24)14-23(17-33)31(38)34-13-12-22-18-35-27-7-5-4-6-25(22)27/h4-11,14-16,18,35H,3,12-13,19H2,1-2H3,(H,34,38)(H,36,37)/b23-14-. The summed E-state index contributed by atoms with van der Waals surface area (Å²) in [6.45, 7) is 4.30. The van der Waals surface area contributed by atoms with Crippen molar-refractivity contribution in [1.82, 2.24) is 10.3 Å². The van der Waals surface area contributed by atoms with E-state index >= 15 is 0 Å². The quantitative estimate of drug-likeness (QED) is 0.146. The van der Waals surface area contributed by atoms with Crippen molar-refractivity contribution in [3.05, 3.63) is 93.6 Å². The van der Waals surface area contributed by atoms with Crippen LogP contribution in [0.2, 0.25) is 0 Å². The first-order valence-electron chi connectivity index (χ1n) is 12.8. The smallest absolute Gasteiger partial charge is 0.262 e. The number of carbonyl (C=O) groups excluding carboxylic acids is 2. The van der Waals surface area contributed by atoms with Crippen LogP contribution in [0.1, 0.15) is 23.6 Å². The number of nitrogens with zero attached hydrogens (tertiary/aromatic N) is 1. The molecule has 0 aliphatic carbocycles. The highest BCUT2D eigenvalue weighted by atomic mass is 79.9. The number of benzene rings is 3. The van der Waals surface area contributed by atoms with Crippen LogP contribution in [0.4, 0.5) is 5.69 Å². The van der Waals surface area contributed by atoms with Gasteiger partial charge in [0.1, 0.15) is 11.6 Å². The van der Waals surface area contributed by atoms with Crippen molar-refractivity contribution in [2.24, 2.45) is 0 Å². The van der Waals surface area contributed by atoms with E-state index in [9.17, 15) is 14.9 Å². The SMILES string of the molecule is CCOc1cc(/C=C(/C#N)C(=O)NCCc2c[nH]c3ccccc23)cc(Br)c1OCC(=O)Nc1ccc(C)cc1. The van der Waals surface area contributed by atoms with E-state index in [0.29, 0.717) is 46.8 Å². The molecular formula is C31H29BrN4O4. The number of ether oxygens (including phenoxy) is 2. The summed E-state index contributed by atoms with van der Waals surface area (Å²) in [5, 5.41) is 16.4. The fraction of sp³-hybridized carbons (Fsp3) is 0.194. The molecule has 0 radical (unpaired) electrons. The Balaban J connectivity index is 1.41. The average molecular weight is 602 g/mol. The molecule has 0 atom stereocenters. The molecule has 0 spiro atoms. The van der Waals surface area contributed by atoms with Crippen LogP contribution in [-0.2, 0) is 16.0 Å². The summed E-state index contributed by atoms with van der Waals surface area (Å²) < 4.78 is 12.0. The second-order valence-corrected chi connectivity index (χ2v) is 9.86. The Kier molecular flexibility index (Phi) is 9.60. The molecule has 9 heteroatoms. The minimum absolute atomic E-state index is 0.0422. The van der Waals surface area contributed by atoms with Crippen molar-refractivity contribution in [2.75, 3.05) is 25.1 Å². The molecule has 3 N–H and O–H groups in total. The minimum Gasteiger partial charge on any atom is -0.490 e. The molecular weight excluding hydrogens is 572 g/mol. The first kappa shape index (κ1) is 28.5. The van der Waals surface area contributed by atoms with Gasteiger partial charge in [0.2, 0.25) is 0 Å². The fourth-order valence-corrected chi connectivity index (χ4v) is 4.68. The molecule has 0 saturated heterocycles. The molecule has 0 aliphatic heterocycles. The van der Waals surface area contributed by atoms with E-state index in [0.717, 1.165) is 22.0 Å². The molecule has 4 rings (SSSR count). The first-order chi connectivity index (χ1) is 19.4. The maximum Gasteiger partial charge on any atom is 0.262 e. The molecule has 1 aromatic heterocycles. The van der Waals surface area contributed by atoms with Crippen molar-refractivity contribution >= 4 is 50.4 Å². The number of amides is 2. The monoisotopic (exact) mass is 600 g/mol. The maximum absolute atomic E-state index is 12.8. The lowest BCUT2D eigenvalue weighted by Crippen LogP contribution is -2.26. The molecule has 0 saturated carbocycles. The number of nitrogens with one attached hydrogen (secondary N) is 3. The number of fused-ring (bicyclic) bond motifs is 1. The number of hydrogen-bond donors (Lipinski definition) is 3. The van der Waals surface area contributed by atoms with Gasteiger partial charge in [-0.15, -0.1) is 0 Å². The van der Waals surface area contributed by atoms with E-state index in [1.807, 2.05) is 74.6 Å². The normalized spacial score (nSPS) is 11.1. The van der Waals surface area contributed by atoms with Crippen molar-refractivity contribution in [2.45, 2.75) is 20.3 Å².